The number of nitrogens with zero attached hydrogens (tertiary/aromatic N) is 1. The van der Waals surface area contributed by atoms with Crippen molar-refractivity contribution in [2.24, 2.45) is 0 Å². The van der Waals surface area contributed by atoms with E-state index in [0.29, 0.717) is 0 Å². The van der Waals surface area contributed by atoms with Crippen LogP contribution in [0.4, 0.5) is 5.69 Å². The first-order chi connectivity index (χ1) is 9.47. The SMILES string of the molecule is Cc1cc(Br)c(C=Cc2cccc([N+](=O)[O-])c2)c(Br)c1. The van der Waals surface area contributed by atoms with Crippen molar-refractivity contribution in [2.75, 3.05) is 0 Å². The van der Waals surface area contributed by atoms with Crippen LogP contribution >= 0.6 is 31.9 Å². The number of nitro groups is 1. The maximum absolute atomic E-state index is 10.7. The van der Waals surface area contributed by atoms with Crippen LogP contribution in [0.25, 0.3) is 12.2 Å². The second-order valence-corrected chi connectivity index (χ2v) is 6.04. The highest BCUT2D eigenvalue weighted by Crippen LogP contribution is 2.29. The van der Waals surface area contributed by atoms with Crippen molar-refractivity contribution >= 4 is 49.7 Å². The minimum atomic E-state index is -0.394. The van der Waals surface area contributed by atoms with E-state index in [1.165, 1.54) is 6.07 Å². The van der Waals surface area contributed by atoms with E-state index in [4.69, 9.17) is 0 Å². The summed E-state index contributed by atoms with van der Waals surface area (Å²) >= 11 is 7.04. The van der Waals surface area contributed by atoms with Crippen molar-refractivity contribution < 1.29 is 4.92 Å². The van der Waals surface area contributed by atoms with E-state index in [-0.39, 0.29) is 5.69 Å². The Morgan fingerprint density at radius 3 is 2.35 bits per heavy atom. The first-order valence-corrected chi connectivity index (χ1v) is 7.44. The van der Waals surface area contributed by atoms with Crippen molar-refractivity contribution in [3.8, 4) is 0 Å². The third-order valence-electron chi connectivity index (χ3n) is 2.75. The number of non-ortho nitro benzene ring substituents is 1. The lowest BCUT2D eigenvalue weighted by molar-refractivity contribution is -0.384. The quantitative estimate of drug-likeness (QED) is 0.385. The van der Waals surface area contributed by atoms with E-state index in [0.717, 1.165) is 25.6 Å². The molecule has 0 atom stereocenters. The van der Waals surface area contributed by atoms with E-state index in [9.17, 15) is 10.1 Å². The van der Waals surface area contributed by atoms with Crippen LogP contribution in [-0.2, 0) is 0 Å². The Morgan fingerprint density at radius 2 is 1.75 bits per heavy atom. The van der Waals surface area contributed by atoms with Gasteiger partial charge in [-0.05, 0) is 30.2 Å². The molecule has 0 amide bonds. The van der Waals surface area contributed by atoms with Crippen LogP contribution in [0.1, 0.15) is 16.7 Å². The van der Waals surface area contributed by atoms with Gasteiger partial charge in [-0.25, -0.2) is 0 Å². The molecule has 0 spiro atoms. The third-order valence-corrected chi connectivity index (χ3v) is 4.06. The van der Waals surface area contributed by atoms with Crippen LogP contribution in [0.5, 0.6) is 0 Å². The first kappa shape index (κ1) is 14.9. The summed E-state index contributed by atoms with van der Waals surface area (Å²) in [5.41, 5.74) is 3.03. The van der Waals surface area contributed by atoms with Crippen molar-refractivity contribution in [2.45, 2.75) is 6.92 Å². The molecule has 0 heterocycles. The highest BCUT2D eigenvalue weighted by molar-refractivity contribution is 9.11. The zero-order chi connectivity index (χ0) is 14.7. The van der Waals surface area contributed by atoms with Gasteiger partial charge in [-0.15, -0.1) is 0 Å². The molecule has 20 heavy (non-hydrogen) atoms. The molecule has 0 aliphatic heterocycles. The van der Waals surface area contributed by atoms with Gasteiger partial charge >= 0.3 is 0 Å². The summed E-state index contributed by atoms with van der Waals surface area (Å²) < 4.78 is 1.96. The monoisotopic (exact) mass is 395 g/mol. The molecule has 0 saturated carbocycles. The molecule has 102 valence electrons. The molecule has 0 bridgehead atoms. The van der Waals surface area contributed by atoms with Crippen LogP contribution in [0.3, 0.4) is 0 Å². The summed E-state index contributed by atoms with van der Waals surface area (Å²) in [6.07, 6.45) is 3.78. The summed E-state index contributed by atoms with van der Waals surface area (Å²) in [6, 6.07) is 10.6. The highest BCUT2D eigenvalue weighted by Gasteiger charge is 2.05. The summed E-state index contributed by atoms with van der Waals surface area (Å²) in [4.78, 5) is 10.3. The van der Waals surface area contributed by atoms with Gasteiger partial charge in [0.15, 0.2) is 0 Å². The zero-order valence-corrected chi connectivity index (χ0v) is 13.8. The second-order valence-electron chi connectivity index (χ2n) is 4.33. The molecule has 5 heteroatoms. The third kappa shape index (κ3) is 3.55. The van der Waals surface area contributed by atoms with E-state index in [1.807, 2.05) is 37.3 Å². The number of benzene rings is 2. The summed E-state index contributed by atoms with van der Waals surface area (Å²) in [5, 5.41) is 10.7. The van der Waals surface area contributed by atoms with Gasteiger partial charge in [0.2, 0.25) is 0 Å². The molecular formula is C15H11Br2NO2. The Labute approximate surface area is 133 Å². The Balaban J connectivity index is 2.35. The van der Waals surface area contributed by atoms with Crippen molar-refractivity contribution in [3.05, 3.63) is 72.1 Å². The van der Waals surface area contributed by atoms with Crippen LogP contribution in [0.2, 0.25) is 0 Å². The molecule has 0 radical (unpaired) electrons. The van der Waals surface area contributed by atoms with Crippen LogP contribution in [0, 0.1) is 17.0 Å². The Hall–Kier alpha value is -1.46. The van der Waals surface area contributed by atoms with Gasteiger partial charge in [-0.3, -0.25) is 10.1 Å². The largest absolute Gasteiger partial charge is 0.270 e. The maximum atomic E-state index is 10.7. The smallest absolute Gasteiger partial charge is 0.258 e. The van der Waals surface area contributed by atoms with E-state index >= 15 is 0 Å². The Kier molecular flexibility index (Phi) is 4.73. The first-order valence-electron chi connectivity index (χ1n) is 5.85. The van der Waals surface area contributed by atoms with Gasteiger partial charge in [-0.1, -0.05) is 56.1 Å². The number of rotatable bonds is 3. The highest BCUT2D eigenvalue weighted by atomic mass is 79.9. The van der Waals surface area contributed by atoms with Gasteiger partial charge in [0.05, 0.1) is 4.92 Å². The fourth-order valence-electron chi connectivity index (χ4n) is 1.79. The summed E-state index contributed by atoms with van der Waals surface area (Å²) in [6.45, 7) is 2.02. The average molecular weight is 397 g/mol. The molecule has 2 aromatic rings. The van der Waals surface area contributed by atoms with Gasteiger partial charge in [0, 0.05) is 26.6 Å². The summed E-state index contributed by atoms with van der Waals surface area (Å²) in [5.74, 6) is 0. The van der Waals surface area contributed by atoms with Crippen LogP contribution in [0.15, 0.2) is 45.3 Å². The minimum Gasteiger partial charge on any atom is -0.258 e. The number of hydrogen-bond donors (Lipinski definition) is 0. The van der Waals surface area contributed by atoms with Crippen LogP contribution < -0.4 is 0 Å². The molecule has 2 aromatic carbocycles. The lowest BCUT2D eigenvalue weighted by Gasteiger charge is -2.04. The second kappa shape index (κ2) is 6.33. The lowest BCUT2D eigenvalue weighted by atomic mass is 10.1. The molecule has 0 aliphatic rings. The number of hydrogen-bond acceptors (Lipinski definition) is 2. The molecule has 0 unspecified atom stereocenters. The Morgan fingerprint density at radius 1 is 1.10 bits per heavy atom. The molecule has 3 nitrogen and oxygen atoms in total. The standard InChI is InChI=1S/C15H11Br2NO2/c1-10-7-14(16)13(15(17)8-10)6-5-11-3-2-4-12(9-11)18(19)20/h2-9H,1H3. The van der Waals surface area contributed by atoms with Crippen molar-refractivity contribution in [1.82, 2.24) is 0 Å². The predicted molar refractivity (Wildman–Crippen MR) is 88.6 cm³/mol. The number of nitro benzene ring substituents is 1. The number of halogens is 2. The van der Waals surface area contributed by atoms with Crippen molar-refractivity contribution in [1.29, 1.82) is 0 Å². The van der Waals surface area contributed by atoms with Gasteiger partial charge in [0.25, 0.3) is 5.69 Å². The average Bonchev–Trinajstić information content (AvgIpc) is 2.37. The fourth-order valence-corrected chi connectivity index (χ4v) is 3.47. The van der Waals surface area contributed by atoms with E-state index < -0.39 is 4.92 Å². The fraction of sp³-hybridized carbons (Fsp3) is 0.0667. The lowest BCUT2D eigenvalue weighted by Crippen LogP contribution is -1.87. The molecule has 0 aromatic heterocycles. The molecule has 0 N–H and O–H groups in total. The summed E-state index contributed by atoms with van der Waals surface area (Å²) in [7, 11) is 0. The zero-order valence-electron chi connectivity index (χ0n) is 10.6. The Bertz CT molecular complexity index is 673. The maximum Gasteiger partial charge on any atom is 0.270 e. The molecule has 0 aliphatic carbocycles. The normalized spacial score (nSPS) is 10.9. The topological polar surface area (TPSA) is 43.1 Å². The van der Waals surface area contributed by atoms with Gasteiger partial charge in [0.1, 0.15) is 0 Å². The van der Waals surface area contributed by atoms with Gasteiger partial charge in [-0.2, -0.15) is 0 Å². The van der Waals surface area contributed by atoms with Crippen LogP contribution in [-0.4, -0.2) is 4.92 Å². The molecule has 0 fully saturated rings. The molecule has 0 saturated heterocycles. The number of aryl methyl sites for hydroxylation is 1. The molecular weight excluding hydrogens is 386 g/mol. The predicted octanol–water partition coefficient (Wildman–Crippen LogP) is 5.60. The minimum absolute atomic E-state index is 0.0918. The van der Waals surface area contributed by atoms with Gasteiger partial charge < -0.3 is 0 Å². The van der Waals surface area contributed by atoms with E-state index in [2.05, 4.69) is 31.9 Å². The van der Waals surface area contributed by atoms with E-state index in [1.54, 1.807) is 12.1 Å². The van der Waals surface area contributed by atoms with Crippen molar-refractivity contribution in [3.63, 3.8) is 0 Å². The molecule has 2 rings (SSSR count).